The molecule has 0 spiro atoms. The van der Waals surface area contributed by atoms with E-state index in [1.807, 2.05) is 0 Å². The Morgan fingerprint density at radius 3 is 2.96 bits per heavy atom. The van der Waals surface area contributed by atoms with E-state index in [0.717, 1.165) is 0 Å². The highest BCUT2D eigenvalue weighted by Crippen LogP contribution is 2.09. The lowest BCUT2D eigenvalue weighted by molar-refractivity contribution is -0.131. The molecule has 2 aromatic heterocycles. The maximum absolute atomic E-state index is 13.1. The molecule has 2 heterocycles. The monoisotopic (exact) mass is 315 g/mol. The Balaban J connectivity index is 1.81. The second-order valence-corrected chi connectivity index (χ2v) is 5.17. The minimum atomic E-state index is -0.462. The molecule has 118 valence electrons. The van der Waals surface area contributed by atoms with Crippen molar-refractivity contribution in [2.24, 2.45) is 0 Å². The minimum Gasteiger partial charge on any atom is -0.467 e. The molecule has 0 fully saturated rings. The molecule has 0 N–H and O–H groups in total. The van der Waals surface area contributed by atoms with Crippen LogP contribution in [0.4, 0.5) is 4.39 Å². The third-order valence-electron chi connectivity index (χ3n) is 3.49. The number of rotatable bonds is 4. The van der Waals surface area contributed by atoms with Crippen molar-refractivity contribution in [2.75, 3.05) is 7.05 Å². The van der Waals surface area contributed by atoms with Crippen LogP contribution in [0, 0.1) is 5.82 Å². The Morgan fingerprint density at radius 2 is 2.22 bits per heavy atom. The Labute approximate surface area is 130 Å². The van der Waals surface area contributed by atoms with E-state index in [4.69, 9.17) is 4.42 Å². The normalized spacial score (nSPS) is 10.9. The van der Waals surface area contributed by atoms with E-state index in [0.29, 0.717) is 12.3 Å². The summed E-state index contributed by atoms with van der Waals surface area (Å²) in [5.41, 5.74) is -0.114. The third kappa shape index (κ3) is 3.13. The standard InChI is InChI=1S/C16H14FN3O3/c1-19(8-12-3-2-6-23-12)15(21)9-20-10-18-14-7-11(17)4-5-13(14)16(20)22/h2-7,10H,8-9H2,1H3. The number of nitrogens with zero attached hydrogens (tertiary/aromatic N) is 3. The number of hydrogen-bond acceptors (Lipinski definition) is 4. The molecular weight excluding hydrogens is 301 g/mol. The molecule has 0 bridgehead atoms. The molecule has 3 aromatic rings. The smallest absolute Gasteiger partial charge is 0.261 e. The summed E-state index contributed by atoms with van der Waals surface area (Å²) < 4.78 is 19.5. The van der Waals surface area contributed by atoms with E-state index >= 15 is 0 Å². The maximum Gasteiger partial charge on any atom is 0.261 e. The number of amides is 1. The predicted molar refractivity (Wildman–Crippen MR) is 81.1 cm³/mol. The molecule has 0 aliphatic heterocycles. The van der Waals surface area contributed by atoms with Crippen LogP contribution in [0.15, 0.2) is 52.1 Å². The van der Waals surface area contributed by atoms with Gasteiger partial charge in [0.2, 0.25) is 5.91 Å². The SMILES string of the molecule is CN(Cc1ccco1)C(=O)Cn1cnc2cc(F)ccc2c1=O. The number of aromatic nitrogens is 2. The van der Waals surface area contributed by atoms with E-state index in [2.05, 4.69) is 4.98 Å². The number of carbonyl (C=O) groups excluding carboxylic acids is 1. The van der Waals surface area contributed by atoms with Gasteiger partial charge in [-0.05, 0) is 24.3 Å². The molecule has 0 aliphatic rings. The van der Waals surface area contributed by atoms with Gasteiger partial charge in [-0.3, -0.25) is 14.2 Å². The van der Waals surface area contributed by atoms with Gasteiger partial charge < -0.3 is 9.32 Å². The quantitative estimate of drug-likeness (QED) is 0.736. The highest BCUT2D eigenvalue weighted by molar-refractivity contribution is 5.78. The van der Waals surface area contributed by atoms with Crippen molar-refractivity contribution in [1.29, 1.82) is 0 Å². The second kappa shape index (κ2) is 6.04. The Bertz CT molecular complexity index is 903. The van der Waals surface area contributed by atoms with Crippen LogP contribution in [0.5, 0.6) is 0 Å². The molecule has 0 aliphatic carbocycles. The summed E-state index contributed by atoms with van der Waals surface area (Å²) in [5, 5.41) is 0.274. The van der Waals surface area contributed by atoms with Crippen LogP contribution in [0.25, 0.3) is 10.9 Å². The molecule has 0 unspecified atom stereocenters. The molecule has 0 saturated heterocycles. The lowest BCUT2D eigenvalue weighted by atomic mass is 10.2. The summed E-state index contributed by atoms with van der Waals surface area (Å²) in [4.78, 5) is 30.0. The highest BCUT2D eigenvalue weighted by Gasteiger charge is 2.13. The van der Waals surface area contributed by atoms with E-state index in [-0.39, 0.29) is 28.9 Å². The summed E-state index contributed by atoms with van der Waals surface area (Å²) in [6.07, 6.45) is 2.78. The number of likely N-dealkylation sites (N-methyl/N-ethyl adjacent to an activating group) is 1. The predicted octanol–water partition coefficient (Wildman–Crippen LogP) is 1.79. The number of furan rings is 1. The summed E-state index contributed by atoms with van der Waals surface area (Å²) in [5.74, 6) is -0.0662. The van der Waals surface area contributed by atoms with Crippen molar-refractivity contribution >= 4 is 16.8 Å². The van der Waals surface area contributed by atoms with Gasteiger partial charge >= 0.3 is 0 Å². The fourth-order valence-corrected chi connectivity index (χ4v) is 2.24. The van der Waals surface area contributed by atoms with Crippen molar-refractivity contribution in [2.45, 2.75) is 13.1 Å². The van der Waals surface area contributed by atoms with E-state index in [1.165, 1.54) is 40.3 Å². The van der Waals surface area contributed by atoms with Crippen molar-refractivity contribution < 1.29 is 13.6 Å². The number of hydrogen-bond donors (Lipinski definition) is 0. The number of fused-ring (bicyclic) bond motifs is 1. The zero-order chi connectivity index (χ0) is 16.4. The first-order valence-electron chi connectivity index (χ1n) is 6.95. The Morgan fingerprint density at radius 1 is 1.39 bits per heavy atom. The van der Waals surface area contributed by atoms with Crippen LogP contribution >= 0.6 is 0 Å². The van der Waals surface area contributed by atoms with Crippen LogP contribution in [0.2, 0.25) is 0 Å². The average molecular weight is 315 g/mol. The summed E-state index contributed by atoms with van der Waals surface area (Å²) >= 11 is 0. The first kappa shape index (κ1) is 15.0. The maximum atomic E-state index is 13.1. The molecular formula is C16H14FN3O3. The first-order chi connectivity index (χ1) is 11.0. The average Bonchev–Trinajstić information content (AvgIpc) is 3.02. The number of halogens is 1. The zero-order valence-electron chi connectivity index (χ0n) is 12.4. The zero-order valence-corrected chi connectivity index (χ0v) is 12.4. The number of benzene rings is 1. The molecule has 7 heteroatoms. The summed E-state index contributed by atoms with van der Waals surface area (Å²) in [7, 11) is 1.62. The molecule has 1 amide bonds. The van der Waals surface area contributed by atoms with Gasteiger partial charge in [-0.1, -0.05) is 0 Å². The highest BCUT2D eigenvalue weighted by atomic mass is 19.1. The van der Waals surface area contributed by atoms with Crippen LogP contribution in [0.1, 0.15) is 5.76 Å². The molecule has 0 saturated carbocycles. The molecule has 3 rings (SSSR count). The van der Waals surface area contributed by atoms with Gasteiger partial charge in [0.25, 0.3) is 5.56 Å². The minimum absolute atomic E-state index is 0.143. The molecule has 0 atom stereocenters. The van der Waals surface area contributed by atoms with Gasteiger partial charge in [0.05, 0.1) is 30.0 Å². The van der Waals surface area contributed by atoms with Crippen molar-refractivity contribution in [3.63, 3.8) is 0 Å². The van der Waals surface area contributed by atoms with Gasteiger partial charge in [-0.25, -0.2) is 9.37 Å². The van der Waals surface area contributed by atoms with E-state index < -0.39 is 5.82 Å². The molecule has 23 heavy (non-hydrogen) atoms. The van der Waals surface area contributed by atoms with Crippen molar-refractivity contribution in [3.05, 3.63) is 64.9 Å². The molecule has 0 radical (unpaired) electrons. The lowest BCUT2D eigenvalue weighted by Gasteiger charge is -2.16. The topological polar surface area (TPSA) is 68.3 Å². The van der Waals surface area contributed by atoms with Crippen LogP contribution < -0.4 is 5.56 Å². The van der Waals surface area contributed by atoms with Crippen LogP contribution in [-0.4, -0.2) is 27.4 Å². The van der Waals surface area contributed by atoms with Crippen LogP contribution in [0.3, 0.4) is 0 Å². The van der Waals surface area contributed by atoms with Gasteiger partial charge in [0.15, 0.2) is 0 Å². The molecule has 6 nitrogen and oxygen atoms in total. The fraction of sp³-hybridized carbons (Fsp3) is 0.188. The largest absolute Gasteiger partial charge is 0.467 e. The van der Waals surface area contributed by atoms with Gasteiger partial charge in [0, 0.05) is 13.1 Å². The van der Waals surface area contributed by atoms with E-state index in [1.54, 1.807) is 19.2 Å². The van der Waals surface area contributed by atoms with Crippen LogP contribution in [-0.2, 0) is 17.9 Å². The lowest BCUT2D eigenvalue weighted by Crippen LogP contribution is -2.33. The van der Waals surface area contributed by atoms with Gasteiger partial charge in [-0.2, -0.15) is 0 Å². The molecule has 1 aromatic carbocycles. The summed E-state index contributed by atoms with van der Waals surface area (Å²) in [6.45, 7) is 0.170. The van der Waals surface area contributed by atoms with Gasteiger partial charge in [-0.15, -0.1) is 0 Å². The Hall–Kier alpha value is -2.96. The summed E-state index contributed by atoms with van der Waals surface area (Å²) in [6, 6.07) is 7.26. The van der Waals surface area contributed by atoms with Gasteiger partial charge in [0.1, 0.15) is 18.1 Å². The Kier molecular flexibility index (Phi) is 3.92. The number of carbonyl (C=O) groups is 1. The third-order valence-corrected chi connectivity index (χ3v) is 3.49. The van der Waals surface area contributed by atoms with Crippen molar-refractivity contribution in [3.8, 4) is 0 Å². The second-order valence-electron chi connectivity index (χ2n) is 5.17. The van der Waals surface area contributed by atoms with E-state index in [9.17, 15) is 14.0 Å². The first-order valence-corrected chi connectivity index (χ1v) is 6.95. The fourth-order valence-electron chi connectivity index (χ4n) is 2.24. The van der Waals surface area contributed by atoms with Crippen molar-refractivity contribution in [1.82, 2.24) is 14.5 Å².